The second kappa shape index (κ2) is 15.8. The summed E-state index contributed by atoms with van der Waals surface area (Å²) in [5, 5.41) is 0. The van der Waals surface area contributed by atoms with E-state index in [1.54, 1.807) is 0 Å². The van der Waals surface area contributed by atoms with Crippen molar-refractivity contribution in [1.82, 2.24) is 9.80 Å². The molecule has 3 aliphatic rings. The molecule has 0 amide bonds. The average Bonchev–Trinajstić information content (AvgIpc) is 3.04. The molecule has 0 bridgehead atoms. The summed E-state index contributed by atoms with van der Waals surface area (Å²) in [5.41, 5.74) is 11.0. The van der Waals surface area contributed by atoms with E-state index in [4.69, 9.17) is 9.47 Å². The maximum absolute atomic E-state index is 6.97. The largest absolute Gasteiger partial charge is 0.487 e. The fraction of sp³-hybridized carbons (Fsp3) is 0.571. The highest BCUT2D eigenvalue weighted by Gasteiger charge is 2.37. The third kappa shape index (κ3) is 8.95. The van der Waals surface area contributed by atoms with Crippen molar-refractivity contribution in [2.75, 3.05) is 19.8 Å². The zero-order chi connectivity index (χ0) is 32.7. The second-order valence-electron chi connectivity index (χ2n) is 14.9. The number of ether oxygens (including phenoxy) is 2. The van der Waals surface area contributed by atoms with E-state index in [0.29, 0.717) is 12.8 Å². The van der Waals surface area contributed by atoms with E-state index in [9.17, 15) is 0 Å². The highest BCUT2D eigenvalue weighted by molar-refractivity contribution is 5.60. The minimum atomic E-state index is -0.128. The zero-order valence-corrected chi connectivity index (χ0v) is 30.0. The van der Waals surface area contributed by atoms with Crippen LogP contribution < -0.4 is 9.47 Å². The Kier molecular flexibility index (Phi) is 11.9. The molecule has 0 unspecified atom stereocenters. The normalized spacial score (nSPS) is 21.3. The molecule has 3 heterocycles. The molecular weight excluding hydrogens is 564 g/mol. The summed E-state index contributed by atoms with van der Waals surface area (Å²) in [7, 11) is 0. The molecule has 0 N–H and O–H groups in total. The topological polar surface area (TPSA) is 24.9 Å². The predicted octanol–water partition coefficient (Wildman–Crippen LogP) is 10.4. The Balaban J connectivity index is 1.15. The van der Waals surface area contributed by atoms with E-state index >= 15 is 0 Å². The first-order valence-corrected chi connectivity index (χ1v) is 18.0. The molecule has 46 heavy (non-hydrogen) atoms. The molecule has 2 aromatic rings. The molecular formula is C42H60N2O2. The van der Waals surface area contributed by atoms with Gasteiger partial charge in [0.05, 0.1) is 0 Å². The van der Waals surface area contributed by atoms with Crippen LogP contribution in [0.1, 0.15) is 120 Å². The lowest BCUT2D eigenvalue weighted by atomic mass is 9.84. The van der Waals surface area contributed by atoms with Crippen LogP contribution in [0.2, 0.25) is 0 Å². The van der Waals surface area contributed by atoms with Gasteiger partial charge in [0, 0.05) is 30.3 Å². The van der Waals surface area contributed by atoms with Crippen LogP contribution in [0.15, 0.2) is 65.3 Å². The number of benzene rings is 2. The van der Waals surface area contributed by atoms with E-state index in [0.717, 1.165) is 82.6 Å². The third-order valence-electron chi connectivity index (χ3n) is 10.8. The van der Waals surface area contributed by atoms with Crippen molar-refractivity contribution in [3.8, 4) is 11.5 Å². The van der Waals surface area contributed by atoms with Gasteiger partial charge in [-0.05, 0) is 142 Å². The van der Waals surface area contributed by atoms with Crippen LogP contribution in [0.3, 0.4) is 0 Å². The number of rotatable bonds is 12. The monoisotopic (exact) mass is 624 g/mol. The van der Waals surface area contributed by atoms with Crippen LogP contribution in [-0.2, 0) is 19.5 Å². The van der Waals surface area contributed by atoms with Crippen LogP contribution in [0.4, 0.5) is 0 Å². The molecule has 0 saturated carbocycles. The molecule has 2 aromatic carbocycles. The van der Waals surface area contributed by atoms with Crippen molar-refractivity contribution in [3.63, 3.8) is 0 Å². The molecule has 3 aliphatic heterocycles. The quantitative estimate of drug-likeness (QED) is 0.219. The van der Waals surface area contributed by atoms with E-state index in [2.05, 4.69) is 107 Å². The van der Waals surface area contributed by atoms with Crippen molar-refractivity contribution in [3.05, 3.63) is 93.1 Å². The SMILES string of the molecule is CC(C)=CCCC(C)=CCCC(C)=CCC[C@]1(C)CCc2c3c(c(C)c(C)c2O1)OCN(C1CCN(Cc2ccccc2)CC1)C3. The van der Waals surface area contributed by atoms with Gasteiger partial charge in [0.25, 0.3) is 0 Å². The van der Waals surface area contributed by atoms with Crippen molar-refractivity contribution in [1.29, 1.82) is 0 Å². The number of allylic oxidation sites excluding steroid dienone is 6. The lowest BCUT2D eigenvalue weighted by Gasteiger charge is -2.43. The van der Waals surface area contributed by atoms with Gasteiger partial charge in [0.2, 0.25) is 0 Å². The number of hydrogen-bond donors (Lipinski definition) is 0. The summed E-state index contributed by atoms with van der Waals surface area (Å²) < 4.78 is 13.5. The Hall–Kier alpha value is -2.82. The molecule has 250 valence electrons. The highest BCUT2D eigenvalue weighted by atomic mass is 16.5. The summed E-state index contributed by atoms with van der Waals surface area (Å²) in [4.78, 5) is 5.20. The van der Waals surface area contributed by atoms with Gasteiger partial charge in [0.1, 0.15) is 23.8 Å². The fourth-order valence-corrected chi connectivity index (χ4v) is 7.57. The van der Waals surface area contributed by atoms with Gasteiger partial charge in [-0.2, -0.15) is 0 Å². The zero-order valence-electron chi connectivity index (χ0n) is 30.0. The summed E-state index contributed by atoms with van der Waals surface area (Å²) in [5.74, 6) is 2.27. The van der Waals surface area contributed by atoms with Crippen LogP contribution in [0.25, 0.3) is 0 Å². The molecule has 0 radical (unpaired) electrons. The second-order valence-corrected chi connectivity index (χ2v) is 14.9. The van der Waals surface area contributed by atoms with Crippen molar-refractivity contribution in [2.45, 2.75) is 137 Å². The Morgan fingerprint density at radius 1 is 0.848 bits per heavy atom. The summed E-state index contributed by atoms with van der Waals surface area (Å²) in [6.07, 6.45) is 18.5. The number of likely N-dealkylation sites (tertiary alicyclic amines) is 1. The lowest BCUT2D eigenvalue weighted by molar-refractivity contribution is 0.0205. The molecule has 0 spiro atoms. The molecule has 0 aromatic heterocycles. The molecule has 4 nitrogen and oxygen atoms in total. The Bertz CT molecular complexity index is 1410. The maximum atomic E-state index is 6.97. The number of piperidine rings is 1. The first-order chi connectivity index (χ1) is 22.1. The van der Waals surface area contributed by atoms with E-state index in [1.807, 2.05) is 0 Å². The van der Waals surface area contributed by atoms with Gasteiger partial charge >= 0.3 is 0 Å². The minimum Gasteiger partial charge on any atom is -0.487 e. The predicted molar refractivity (Wildman–Crippen MR) is 194 cm³/mol. The van der Waals surface area contributed by atoms with E-state index in [-0.39, 0.29) is 5.60 Å². The Morgan fingerprint density at radius 2 is 1.50 bits per heavy atom. The maximum Gasteiger partial charge on any atom is 0.142 e. The van der Waals surface area contributed by atoms with E-state index in [1.165, 1.54) is 63.8 Å². The van der Waals surface area contributed by atoms with Crippen molar-refractivity contribution < 1.29 is 9.47 Å². The van der Waals surface area contributed by atoms with Gasteiger partial charge in [-0.15, -0.1) is 0 Å². The van der Waals surface area contributed by atoms with Crippen LogP contribution >= 0.6 is 0 Å². The van der Waals surface area contributed by atoms with Crippen LogP contribution in [0, 0.1) is 13.8 Å². The van der Waals surface area contributed by atoms with Crippen LogP contribution in [0.5, 0.6) is 11.5 Å². The highest BCUT2D eigenvalue weighted by Crippen LogP contribution is 2.47. The fourth-order valence-electron chi connectivity index (χ4n) is 7.57. The van der Waals surface area contributed by atoms with Gasteiger partial charge in [-0.25, -0.2) is 0 Å². The first kappa shape index (κ1) is 34.5. The molecule has 1 fully saturated rings. The molecule has 1 saturated heterocycles. The van der Waals surface area contributed by atoms with Crippen molar-refractivity contribution in [2.24, 2.45) is 0 Å². The van der Waals surface area contributed by atoms with Crippen LogP contribution in [-0.4, -0.2) is 41.3 Å². The number of hydrogen-bond acceptors (Lipinski definition) is 4. The van der Waals surface area contributed by atoms with Gasteiger partial charge < -0.3 is 9.47 Å². The molecule has 0 aliphatic carbocycles. The summed E-state index contributed by atoms with van der Waals surface area (Å²) in [6.45, 7) is 20.8. The number of nitrogens with zero attached hydrogens (tertiary/aromatic N) is 2. The smallest absolute Gasteiger partial charge is 0.142 e. The summed E-state index contributed by atoms with van der Waals surface area (Å²) >= 11 is 0. The minimum absolute atomic E-state index is 0.128. The first-order valence-electron chi connectivity index (χ1n) is 18.0. The Labute approximate surface area is 280 Å². The average molecular weight is 625 g/mol. The molecule has 4 heteroatoms. The van der Waals surface area contributed by atoms with Gasteiger partial charge in [0.15, 0.2) is 0 Å². The van der Waals surface area contributed by atoms with Gasteiger partial charge in [-0.1, -0.05) is 65.3 Å². The summed E-state index contributed by atoms with van der Waals surface area (Å²) in [6, 6.07) is 11.5. The molecule has 5 rings (SSSR count). The van der Waals surface area contributed by atoms with Gasteiger partial charge in [-0.3, -0.25) is 9.80 Å². The van der Waals surface area contributed by atoms with Crippen molar-refractivity contribution >= 4 is 0 Å². The number of fused-ring (bicyclic) bond motifs is 3. The lowest BCUT2D eigenvalue weighted by Crippen LogP contribution is -2.47. The molecule has 1 atom stereocenters. The van der Waals surface area contributed by atoms with E-state index < -0.39 is 0 Å². The Morgan fingerprint density at radius 3 is 2.20 bits per heavy atom. The standard InChI is InChI=1S/C42H60N2O2/c1-31(2)14-11-15-32(3)16-12-17-33(4)18-13-24-42(7)25-21-38-39-29-44(30-45-40(39)34(5)35(6)41(38)46-42)37-22-26-43(27-23-37)28-36-19-9-8-10-20-36/h8-10,14,16,18-20,37H,11-13,15,17,21-30H2,1-7H3/t42-/m1/s1. The third-order valence-corrected chi connectivity index (χ3v) is 10.8.